The molecule has 1 aromatic carbocycles. The van der Waals surface area contributed by atoms with E-state index in [-0.39, 0.29) is 6.02 Å². The highest BCUT2D eigenvalue weighted by Gasteiger charge is 2.48. The molecule has 4 rings (SSSR count). The highest BCUT2D eigenvalue weighted by atomic mass is 32.2. The van der Waals surface area contributed by atoms with Crippen LogP contribution in [0.4, 0.5) is 5.69 Å². The van der Waals surface area contributed by atoms with Gasteiger partial charge in [-0.05, 0) is 38.6 Å². The topological polar surface area (TPSA) is 87.1 Å². The van der Waals surface area contributed by atoms with Gasteiger partial charge in [0.1, 0.15) is 10.9 Å². The molecule has 1 unspecified atom stereocenters. The summed E-state index contributed by atoms with van der Waals surface area (Å²) in [6.07, 6.45) is 1.91. The lowest BCUT2D eigenvalue weighted by Gasteiger charge is -2.39. The van der Waals surface area contributed by atoms with E-state index in [4.69, 9.17) is 4.74 Å². The summed E-state index contributed by atoms with van der Waals surface area (Å²) in [5.41, 5.74) is 2.61. The maximum atomic E-state index is 12.8. The van der Waals surface area contributed by atoms with Crippen LogP contribution in [0, 0.1) is 0 Å². The lowest BCUT2D eigenvalue weighted by atomic mass is 9.96. The molecule has 2 fully saturated rings. The number of benzene rings is 1. The van der Waals surface area contributed by atoms with Crippen LogP contribution in [0.2, 0.25) is 0 Å². The Labute approximate surface area is 184 Å². The molecule has 1 aromatic heterocycles. The van der Waals surface area contributed by atoms with Crippen LogP contribution < -0.4 is 9.62 Å². The minimum Gasteiger partial charge on any atom is -0.457 e. The van der Waals surface area contributed by atoms with E-state index in [1.165, 1.54) is 7.05 Å². The third-order valence-corrected chi connectivity index (χ3v) is 7.78. The Balaban J connectivity index is 1.54. The first-order chi connectivity index (χ1) is 14.7. The predicted octanol–water partition coefficient (Wildman–Crippen LogP) is 2.26. The molecule has 9 heteroatoms. The second-order valence-corrected chi connectivity index (χ2v) is 10.3. The summed E-state index contributed by atoms with van der Waals surface area (Å²) in [4.78, 5) is 13.2. The van der Waals surface area contributed by atoms with Gasteiger partial charge in [-0.3, -0.25) is 4.98 Å². The normalized spacial score (nSPS) is 24.5. The number of sulfonamides is 1. The van der Waals surface area contributed by atoms with Crippen molar-refractivity contribution in [2.24, 2.45) is 4.99 Å². The zero-order chi connectivity index (χ0) is 22.2. The van der Waals surface area contributed by atoms with Crippen molar-refractivity contribution in [3.63, 3.8) is 0 Å². The Morgan fingerprint density at radius 2 is 1.77 bits per heavy atom. The van der Waals surface area contributed by atoms with Gasteiger partial charge in [-0.15, -0.1) is 0 Å². The molecule has 1 N–H and O–H groups in total. The van der Waals surface area contributed by atoms with Gasteiger partial charge < -0.3 is 14.5 Å². The van der Waals surface area contributed by atoms with Crippen LogP contribution >= 0.6 is 0 Å². The van der Waals surface area contributed by atoms with Crippen molar-refractivity contribution in [2.45, 2.75) is 24.7 Å². The lowest BCUT2D eigenvalue weighted by molar-refractivity contribution is 0.0770. The lowest BCUT2D eigenvalue weighted by Crippen LogP contribution is -2.53. The first-order valence-electron chi connectivity index (χ1n) is 10.4. The molecule has 0 radical (unpaired) electrons. The number of nitrogens with one attached hydrogen (secondary N) is 1. The molecular formula is C22H29N5O3S. The number of aliphatic imine (C=N–C) groups is 1. The van der Waals surface area contributed by atoms with Crippen molar-refractivity contribution in [1.82, 2.24) is 14.6 Å². The van der Waals surface area contributed by atoms with Crippen molar-refractivity contribution in [1.29, 1.82) is 0 Å². The molecule has 2 saturated heterocycles. The number of ether oxygens (including phenoxy) is 1. The highest BCUT2D eigenvalue weighted by molar-refractivity contribution is 7.90. The van der Waals surface area contributed by atoms with Crippen LogP contribution in [0.5, 0.6) is 0 Å². The highest BCUT2D eigenvalue weighted by Crippen LogP contribution is 2.39. The molecule has 0 saturated carbocycles. The zero-order valence-electron chi connectivity index (χ0n) is 18.4. The van der Waals surface area contributed by atoms with Crippen LogP contribution in [-0.4, -0.2) is 70.2 Å². The molecule has 2 aromatic rings. The molecule has 2 aliphatic rings. The number of anilines is 1. The number of pyridine rings is 1. The average molecular weight is 444 g/mol. The molecule has 1 atom stereocenters. The molecule has 2 aliphatic heterocycles. The second kappa shape index (κ2) is 8.12. The quantitative estimate of drug-likeness (QED) is 0.783. The molecule has 0 bridgehead atoms. The van der Waals surface area contributed by atoms with Gasteiger partial charge in [0.15, 0.2) is 0 Å². The van der Waals surface area contributed by atoms with E-state index in [0.717, 1.165) is 43.1 Å². The Hall–Kier alpha value is -2.65. The summed E-state index contributed by atoms with van der Waals surface area (Å²) in [6, 6.07) is 11.6. The maximum Gasteiger partial charge on any atom is 0.298 e. The Kier molecular flexibility index (Phi) is 5.65. The summed E-state index contributed by atoms with van der Waals surface area (Å²) in [7, 11) is -0.0448. The minimum absolute atomic E-state index is 0.0162. The van der Waals surface area contributed by atoms with Gasteiger partial charge >= 0.3 is 0 Å². The van der Waals surface area contributed by atoms with E-state index < -0.39 is 20.9 Å². The van der Waals surface area contributed by atoms with Crippen LogP contribution in [-0.2, 0) is 14.8 Å². The number of hydrogen-bond acceptors (Lipinski definition) is 7. The number of nitrogens with zero attached hydrogens (tertiary/aromatic N) is 4. The molecule has 31 heavy (non-hydrogen) atoms. The minimum atomic E-state index is -3.68. The monoisotopic (exact) mass is 443 g/mol. The van der Waals surface area contributed by atoms with Crippen LogP contribution in [0.25, 0.3) is 11.3 Å². The van der Waals surface area contributed by atoms with E-state index in [0.29, 0.717) is 5.56 Å². The molecule has 0 aliphatic carbocycles. The third kappa shape index (κ3) is 4.38. The zero-order valence-corrected chi connectivity index (χ0v) is 19.2. The van der Waals surface area contributed by atoms with E-state index in [1.54, 1.807) is 13.8 Å². The fourth-order valence-corrected chi connectivity index (χ4v) is 5.99. The van der Waals surface area contributed by atoms with E-state index >= 15 is 0 Å². The number of piperazine rings is 1. The molecule has 3 heterocycles. The fraction of sp³-hybridized carbons (Fsp3) is 0.455. The van der Waals surface area contributed by atoms with Crippen LogP contribution in [0.1, 0.15) is 24.7 Å². The SMILES string of the molecule is CN=C1NS(=O)(=O)C(c2ccc(-c3ccc(N4CCN(C)CC4)cn3)cc2)C(C)(C)O1. The molecule has 0 spiro atoms. The number of amidine groups is 1. The smallest absolute Gasteiger partial charge is 0.298 e. The van der Waals surface area contributed by atoms with Crippen molar-refractivity contribution in [2.75, 3.05) is 45.2 Å². The fourth-order valence-electron chi connectivity index (χ4n) is 4.19. The second-order valence-electron chi connectivity index (χ2n) is 8.58. The molecule has 0 amide bonds. The number of rotatable bonds is 3. The Bertz CT molecular complexity index is 1060. The van der Waals surface area contributed by atoms with Gasteiger partial charge in [0.05, 0.1) is 17.6 Å². The van der Waals surface area contributed by atoms with Gasteiger partial charge in [0, 0.05) is 38.8 Å². The van der Waals surface area contributed by atoms with Crippen molar-refractivity contribution < 1.29 is 13.2 Å². The summed E-state index contributed by atoms with van der Waals surface area (Å²) in [6.45, 7) is 7.61. The Morgan fingerprint density at radius 1 is 1.10 bits per heavy atom. The van der Waals surface area contributed by atoms with Gasteiger partial charge in [-0.1, -0.05) is 24.3 Å². The first-order valence-corrected chi connectivity index (χ1v) is 11.9. The van der Waals surface area contributed by atoms with E-state index in [9.17, 15) is 8.42 Å². The number of aromatic nitrogens is 1. The van der Waals surface area contributed by atoms with Gasteiger partial charge in [0.2, 0.25) is 10.0 Å². The standard InChI is InChI=1S/C22H29N5O3S/c1-22(2)20(31(28,29)25-21(23-3)30-22)17-7-5-16(6-8-17)19-10-9-18(15-24-19)27-13-11-26(4)12-14-27/h5-10,15,20H,11-14H2,1-4H3,(H,23,25). The summed E-state index contributed by atoms with van der Waals surface area (Å²) in [5, 5.41) is -0.855. The molecule has 8 nitrogen and oxygen atoms in total. The van der Waals surface area contributed by atoms with Gasteiger partial charge in [0.25, 0.3) is 6.02 Å². The van der Waals surface area contributed by atoms with Gasteiger partial charge in [-0.25, -0.2) is 18.1 Å². The maximum absolute atomic E-state index is 12.8. The number of likely N-dealkylation sites (N-methyl/N-ethyl adjacent to an activating group) is 1. The largest absolute Gasteiger partial charge is 0.457 e. The van der Waals surface area contributed by atoms with E-state index in [2.05, 4.69) is 37.6 Å². The van der Waals surface area contributed by atoms with Crippen molar-refractivity contribution in [3.05, 3.63) is 48.2 Å². The van der Waals surface area contributed by atoms with Crippen LogP contribution in [0.15, 0.2) is 47.6 Å². The summed E-state index contributed by atoms with van der Waals surface area (Å²) < 4.78 is 33.8. The Morgan fingerprint density at radius 3 is 2.32 bits per heavy atom. The van der Waals surface area contributed by atoms with Crippen LogP contribution in [0.3, 0.4) is 0 Å². The first kappa shape index (κ1) is 21.6. The predicted molar refractivity (Wildman–Crippen MR) is 123 cm³/mol. The average Bonchev–Trinajstić information content (AvgIpc) is 2.73. The molecular weight excluding hydrogens is 414 g/mol. The van der Waals surface area contributed by atoms with Crippen molar-refractivity contribution >= 4 is 21.7 Å². The van der Waals surface area contributed by atoms with Gasteiger partial charge in [-0.2, -0.15) is 0 Å². The van der Waals surface area contributed by atoms with E-state index in [1.807, 2.05) is 36.5 Å². The summed E-state index contributed by atoms with van der Waals surface area (Å²) in [5.74, 6) is 0. The summed E-state index contributed by atoms with van der Waals surface area (Å²) >= 11 is 0. The van der Waals surface area contributed by atoms with Crippen molar-refractivity contribution in [3.8, 4) is 11.3 Å². The third-order valence-electron chi connectivity index (χ3n) is 5.86. The number of hydrogen-bond donors (Lipinski definition) is 1. The molecule has 166 valence electrons.